The molecule has 0 aromatic carbocycles. The first-order chi connectivity index (χ1) is 11.1. The van der Waals surface area contributed by atoms with E-state index in [0.717, 1.165) is 30.6 Å². The van der Waals surface area contributed by atoms with E-state index >= 15 is 0 Å². The average Bonchev–Trinajstić information content (AvgIpc) is 3.23. The highest BCUT2D eigenvalue weighted by molar-refractivity contribution is 7.13. The van der Waals surface area contributed by atoms with E-state index in [0.29, 0.717) is 18.3 Å². The van der Waals surface area contributed by atoms with Gasteiger partial charge in [-0.1, -0.05) is 30.5 Å². The highest BCUT2D eigenvalue weighted by Gasteiger charge is 2.28. The van der Waals surface area contributed by atoms with Crippen molar-refractivity contribution in [2.24, 2.45) is 5.92 Å². The van der Waals surface area contributed by atoms with Crippen LogP contribution in [-0.2, 0) is 11.3 Å². The zero-order valence-electron chi connectivity index (χ0n) is 13.7. The minimum atomic E-state index is 0.126. The molecule has 1 saturated carbocycles. The second-order valence-corrected chi connectivity index (χ2v) is 7.33. The van der Waals surface area contributed by atoms with Crippen LogP contribution in [0.2, 0.25) is 0 Å². The number of hydrogen-bond acceptors (Lipinski definition) is 5. The fourth-order valence-corrected chi connectivity index (χ4v) is 3.72. The van der Waals surface area contributed by atoms with E-state index in [1.807, 2.05) is 36.3 Å². The minimum absolute atomic E-state index is 0.126. The Morgan fingerprint density at radius 2 is 2.17 bits per heavy atom. The van der Waals surface area contributed by atoms with Gasteiger partial charge in [-0.15, -0.1) is 11.3 Å². The molecule has 3 rings (SSSR count). The topological polar surface area (TPSA) is 59.2 Å². The van der Waals surface area contributed by atoms with Crippen LogP contribution in [0.1, 0.15) is 51.8 Å². The van der Waals surface area contributed by atoms with Crippen molar-refractivity contribution >= 4 is 17.2 Å². The Morgan fingerprint density at radius 3 is 2.83 bits per heavy atom. The lowest BCUT2D eigenvalue weighted by atomic mass is 9.88. The molecule has 2 aromatic heterocycles. The van der Waals surface area contributed by atoms with Gasteiger partial charge in [0.05, 0.1) is 4.88 Å². The maximum atomic E-state index is 12.8. The summed E-state index contributed by atoms with van der Waals surface area (Å²) in [6.45, 7) is 4.47. The molecule has 2 aromatic rings. The maximum absolute atomic E-state index is 12.8. The third-order valence-corrected chi connectivity index (χ3v) is 5.24. The van der Waals surface area contributed by atoms with Crippen LogP contribution in [0.3, 0.4) is 0 Å². The lowest BCUT2D eigenvalue weighted by Gasteiger charge is -2.31. The van der Waals surface area contributed by atoms with E-state index in [1.54, 1.807) is 11.3 Å². The molecule has 6 heteroatoms. The lowest BCUT2D eigenvalue weighted by molar-refractivity contribution is -0.139. The van der Waals surface area contributed by atoms with Crippen molar-refractivity contribution in [1.82, 2.24) is 15.0 Å². The van der Waals surface area contributed by atoms with E-state index in [-0.39, 0.29) is 17.9 Å². The molecule has 0 atom stereocenters. The van der Waals surface area contributed by atoms with Crippen molar-refractivity contribution in [3.05, 3.63) is 23.4 Å². The Labute approximate surface area is 140 Å². The Bertz CT molecular complexity index is 630. The monoisotopic (exact) mass is 333 g/mol. The quantitative estimate of drug-likeness (QED) is 0.826. The summed E-state index contributed by atoms with van der Waals surface area (Å²) in [6, 6.07) is 4.05. The van der Waals surface area contributed by atoms with Gasteiger partial charge in [0.1, 0.15) is 6.54 Å². The fraction of sp³-hybridized carbons (Fsp3) is 0.588. The number of carbonyl (C=O) groups excluding carboxylic acids is 1. The molecule has 0 radical (unpaired) electrons. The summed E-state index contributed by atoms with van der Waals surface area (Å²) in [5.74, 6) is 1.50. The predicted molar refractivity (Wildman–Crippen MR) is 89.9 cm³/mol. The van der Waals surface area contributed by atoms with Gasteiger partial charge in [-0.2, -0.15) is 4.98 Å². The first-order valence-electron chi connectivity index (χ1n) is 8.32. The van der Waals surface area contributed by atoms with Crippen LogP contribution in [0.15, 0.2) is 22.0 Å². The van der Waals surface area contributed by atoms with Gasteiger partial charge in [-0.25, -0.2) is 0 Å². The molecule has 0 aliphatic heterocycles. The molecule has 2 heterocycles. The molecule has 1 aliphatic rings. The average molecular weight is 333 g/mol. The van der Waals surface area contributed by atoms with Crippen molar-refractivity contribution in [2.75, 3.05) is 0 Å². The van der Waals surface area contributed by atoms with E-state index < -0.39 is 0 Å². The Balaban J connectivity index is 1.71. The summed E-state index contributed by atoms with van der Waals surface area (Å²) in [5, 5.41) is 6.01. The van der Waals surface area contributed by atoms with Gasteiger partial charge in [-0.3, -0.25) is 4.79 Å². The number of rotatable bonds is 5. The van der Waals surface area contributed by atoms with Gasteiger partial charge < -0.3 is 9.42 Å². The molecule has 0 N–H and O–H groups in total. The van der Waals surface area contributed by atoms with Gasteiger partial charge in [0, 0.05) is 12.0 Å². The van der Waals surface area contributed by atoms with Gasteiger partial charge in [0.2, 0.25) is 17.6 Å². The second-order valence-electron chi connectivity index (χ2n) is 6.38. The van der Waals surface area contributed by atoms with Gasteiger partial charge in [-0.05, 0) is 38.1 Å². The van der Waals surface area contributed by atoms with Crippen molar-refractivity contribution in [2.45, 2.75) is 58.5 Å². The Morgan fingerprint density at radius 1 is 1.39 bits per heavy atom. The van der Waals surface area contributed by atoms with E-state index in [9.17, 15) is 4.79 Å². The molecule has 1 aliphatic carbocycles. The van der Waals surface area contributed by atoms with Crippen LogP contribution in [-0.4, -0.2) is 27.0 Å². The van der Waals surface area contributed by atoms with Crippen LogP contribution in [0.5, 0.6) is 0 Å². The Hall–Kier alpha value is -1.69. The zero-order chi connectivity index (χ0) is 16.2. The summed E-state index contributed by atoms with van der Waals surface area (Å²) >= 11 is 1.58. The Kier molecular flexibility index (Phi) is 5.10. The first kappa shape index (κ1) is 16.2. The molecule has 1 amide bonds. The van der Waals surface area contributed by atoms with E-state index in [1.165, 1.54) is 6.42 Å². The van der Waals surface area contributed by atoms with Gasteiger partial charge >= 0.3 is 0 Å². The van der Waals surface area contributed by atoms with Gasteiger partial charge in [0.25, 0.3) is 0 Å². The summed E-state index contributed by atoms with van der Waals surface area (Å²) in [7, 11) is 0. The summed E-state index contributed by atoms with van der Waals surface area (Å²) in [5.41, 5.74) is 0. The van der Waals surface area contributed by atoms with Crippen molar-refractivity contribution in [1.29, 1.82) is 0 Å². The molecule has 5 nitrogen and oxygen atoms in total. The third-order valence-electron chi connectivity index (χ3n) is 4.38. The molecular weight excluding hydrogens is 310 g/mol. The largest absolute Gasteiger partial charge is 0.337 e. The summed E-state index contributed by atoms with van der Waals surface area (Å²) in [4.78, 5) is 20.1. The van der Waals surface area contributed by atoms with Crippen LogP contribution in [0.4, 0.5) is 0 Å². The predicted octanol–water partition coefficient (Wildman–Crippen LogP) is 4.12. The number of hydrogen-bond donors (Lipinski definition) is 0. The lowest BCUT2D eigenvalue weighted by Crippen LogP contribution is -2.41. The van der Waals surface area contributed by atoms with E-state index in [4.69, 9.17) is 4.52 Å². The zero-order valence-corrected chi connectivity index (χ0v) is 14.5. The number of carbonyl (C=O) groups is 1. The van der Waals surface area contributed by atoms with Crippen LogP contribution < -0.4 is 0 Å². The molecule has 0 bridgehead atoms. The smallest absolute Gasteiger partial charge is 0.246 e. The van der Waals surface area contributed by atoms with Crippen LogP contribution in [0, 0.1) is 5.92 Å². The highest BCUT2D eigenvalue weighted by atomic mass is 32.1. The standard InChI is InChI=1S/C17H23N3O2S/c1-12(2)20(17(21)13-7-4-3-5-8-13)11-15-18-16(19-22-15)14-9-6-10-23-14/h6,9-10,12-13H,3-5,7-8,11H2,1-2H3. The molecule has 1 fully saturated rings. The summed E-state index contributed by atoms with van der Waals surface area (Å²) < 4.78 is 5.36. The molecule has 0 unspecified atom stereocenters. The van der Waals surface area contributed by atoms with Crippen molar-refractivity contribution in [3.63, 3.8) is 0 Å². The first-order valence-corrected chi connectivity index (χ1v) is 9.20. The molecule has 0 spiro atoms. The number of amides is 1. The number of thiophene rings is 1. The van der Waals surface area contributed by atoms with Crippen molar-refractivity contribution in [3.8, 4) is 10.7 Å². The molecule has 23 heavy (non-hydrogen) atoms. The van der Waals surface area contributed by atoms with Crippen LogP contribution in [0.25, 0.3) is 10.7 Å². The molecule has 0 saturated heterocycles. The number of nitrogens with zero attached hydrogens (tertiary/aromatic N) is 3. The normalized spacial score (nSPS) is 16.0. The molecule has 124 valence electrons. The second kappa shape index (κ2) is 7.25. The summed E-state index contributed by atoms with van der Waals surface area (Å²) in [6.07, 6.45) is 5.58. The SMILES string of the molecule is CC(C)N(Cc1nc(-c2cccs2)no1)C(=O)C1CCCCC1. The fourth-order valence-electron chi connectivity index (χ4n) is 3.07. The maximum Gasteiger partial charge on any atom is 0.246 e. The number of aromatic nitrogens is 2. The van der Waals surface area contributed by atoms with Crippen LogP contribution >= 0.6 is 11.3 Å². The highest BCUT2D eigenvalue weighted by Crippen LogP contribution is 2.27. The third kappa shape index (κ3) is 3.80. The minimum Gasteiger partial charge on any atom is -0.337 e. The van der Waals surface area contributed by atoms with Gasteiger partial charge in [0.15, 0.2) is 0 Å². The molecular formula is C17H23N3O2S. The van der Waals surface area contributed by atoms with Crippen molar-refractivity contribution < 1.29 is 9.32 Å². The van der Waals surface area contributed by atoms with E-state index in [2.05, 4.69) is 10.1 Å².